The molecule has 0 atom stereocenters. The molecule has 0 saturated carbocycles. The summed E-state index contributed by atoms with van der Waals surface area (Å²) in [7, 11) is -0.343. The van der Waals surface area contributed by atoms with Crippen molar-refractivity contribution in [2.24, 2.45) is 7.05 Å². The zero-order valence-electron chi connectivity index (χ0n) is 14.3. The predicted molar refractivity (Wildman–Crippen MR) is 93.1 cm³/mol. The standard InChI is InChI=1S/C17H21N3O4S/c1-18-8-7-14(13-18)17(21)19-9-11-20(12-10-19)25(22,23)16-6-4-3-5-15(16)24-2/h3-8,13H,9-12H2,1-2H3. The number of piperazine rings is 1. The first-order valence-electron chi connectivity index (χ1n) is 7.98. The minimum atomic E-state index is -3.65. The minimum absolute atomic E-state index is 0.0741. The van der Waals surface area contributed by atoms with Crippen molar-refractivity contribution in [1.29, 1.82) is 0 Å². The molecule has 1 fully saturated rings. The summed E-state index contributed by atoms with van der Waals surface area (Å²) in [6.45, 7) is 1.25. The molecule has 1 aliphatic heterocycles. The van der Waals surface area contributed by atoms with E-state index in [2.05, 4.69) is 0 Å². The number of aryl methyl sites for hydroxylation is 1. The van der Waals surface area contributed by atoms with Crippen molar-refractivity contribution in [3.05, 3.63) is 48.3 Å². The van der Waals surface area contributed by atoms with Crippen molar-refractivity contribution >= 4 is 15.9 Å². The monoisotopic (exact) mass is 363 g/mol. The highest BCUT2D eigenvalue weighted by Crippen LogP contribution is 2.27. The average Bonchev–Trinajstić information content (AvgIpc) is 3.07. The van der Waals surface area contributed by atoms with Crippen LogP contribution >= 0.6 is 0 Å². The lowest BCUT2D eigenvalue weighted by molar-refractivity contribution is 0.0698. The Morgan fingerprint density at radius 2 is 1.76 bits per heavy atom. The van der Waals surface area contributed by atoms with E-state index in [0.717, 1.165) is 0 Å². The number of rotatable bonds is 4. The molecule has 0 unspecified atom stereocenters. The number of ether oxygens (including phenoxy) is 1. The van der Waals surface area contributed by atoms with E-state index in [4.69, 9.17) is 4.74 Å². The molecule has 0 spiro atoms. The molecule has 1 aromatic carbocycles. The number of amides is 1. The van der Waals surface area contributed by atoms with Crippen molar-refractivity contribution in [2.45, 2.75) is 4.90 Å². The van der Waals surface area contributed by atoms with Crippen LogP contribution in [0.5, 0.6) is 5.75 Å². The Balaban J connectivity index is 1.72. The van der Waals surface area contributed by atoms with Crippen molar-refractivity contribution in [3.63, 3.8) is 0 Å². The summed E-state index contributed by atoms with van der Waals surface area (Å²) in [6, 6.07) is 8.33. The first-order chi connectivity index (χ1) is 11.9. The molecule has 0 aliphatic carbocycles. The average molecular weight is 363 g/mol. The van der Waals surface area contributed by atoms with Crippen LogP contribution < -0.4 is 4.74 Å². The smallest absolute Gasteiger partial charge is 0.255 e. The van der Waals surface area contributed by atoms with Crippen LogP contribution in [-0.2, 0) is 17.1 Å². The van der Waals surface area contributed by atoms with Gasteiger partial charge in [0.2, 0.25) is 10.0 Å². The first kappa shape index (κ1) is 17.5. The predicted octanol–water partition coefficient (Wildman–Crippen LogP) is 1.18. The highest BCUT2D eigenvalue weighted by atomic mass is 32.2. The summed E-state index contributed by atoms with van der Waals surface area (Å²) >= 11 is 0. The number of hydrogen-bond donors (Lipinski definition) is 0. The van der Waals surface area contributed by atoms with Crippen LogP contribution in [0.15, 0.2) is 47.6 Å². The minimum Gasteiger partial charge on any atom is -0.495 e. The molecule has 8 heteroatoms. The number of benzene rings is 1. The van der Waals surface area contributed by atoms with E-state index in [0.29, 0.717) is 24.4 Å². The molecule has 0 N–H and O–H groups in total. The molecule has 134 valence electrons. The van der Waals surface area contributed by atoms with E-state index in [9.17, 15) is 13.2 Å². The van der Waals surface area contributed by atoms with E-state index in [1.165, 1.54) is 17.5 Å². The number of methoxy groups -OCH3 is 1. The van der Waals surface area contributed by atoms with Gasteiger partial charge in [0.15, 0.2) is 0 Å². The maximum Gasteiger partial charge on any atom is 0.255 e. The second-order valence-electron chi connectivity index (χ2n) is 5.91. The molecule has 1 saturated heterocycles. The van der Waals surface area contributed by atoms with Crippen LogP contribution in [0.25, 0.3) is 0 Å². The van der Waals surface area contributed by atoms with E-state index in [1.54, 1.807) is 35.4 Å². The lowest BCUT2D eigenvalue weighted by Crippen LogP contribution is -2.50. The third kappa shape index (κ3) is 3.40. The number of carbonyl (C=O) groups is 1. The molecule has 25 heavy (non-hydrogen) atoms. The molecule has 1 aliphatic rings. The van der Waals surface area contributed by atoms with E-state index >= 15 is 0 Å². The first-order valence-corrected chi connectivity index (χ1v) is 9.42. The molecular weight excluding hydrogens is 342 g/mol. The van der Waals surface area contributed by atoms with Crippen molar-refractivity contribution < 1.29 is 17.9 Å². The number of carbonyl (C=O) groups excluding carboxylic acids is 1. The Morgan fingerprint density at radius 3 is 2.36 bits per heavy atom. The fourth-order valence-corrected chi connectivity index (χ4v) is 4.49. The van der Waals surface area contributed by atoms with Gasteiger partial charge in [-0.05, 0) is 18.2 Å². The van der Waals surface area contributed by atoms with Gasteiger partial charge in [0.05, 0.1) is 12.7 Å². The molecule has 7 nitrogen and oxygen atoms in total. The van der Waals surface area contributed by atoms with Gasteiger partial charge in [0.1, 0.15) is 10.6 Å². The maximum atomic E-state index is 12.9. The Morgan fingerprint density at radius 1 is 1.08 bits per heavy atom. The van der Waals surface area contributed by atoms with Gasteiger partial charge in [0.25, 0.3) is 5.91 Å². The zero-order chi connectivity index (χ0) is 18.0. The highest BCUT2D eigenvalue weighted by Gasteiger charge is 2.32. The number of para-hydroxylation sites is 1. The Hall–Kier alpha value is -2.32. The summed E-state index contributed by atoms with van der Waals surface area (Å²) in [6.07, 6.45) is 3.58. The topological polar surface area (TPSA) is 71.9 Å². The number of nitrogens with zero attached hydrogens (tertiary/aromatic N) is 3. The van der Waals surface area contributed by atoms with Gasteiger partial charge in [-0.2, -0.15) is 4.31 Å². The fraction of sp³-hybridized carbons (Fsp3) is 0.353. The molecule has 2 heterocycles. The van der Waals surface area contributed by atoms with E-state index in [-0.39, 0.29) is 23.9 Å². The Labute approximate surface area is 147 Å². The summed E-state index contributed by atoms with van der Waals surface area (Å²) in [4.78, 5) is 14.3. The van der Waals surface area contributed by atoms with Crippen LogP contribution in [0.1, 0.15) is 10.4 Å². The third-order valence-corrected chi connectivity index (χ3v) is 6.23. The van der Waals surface area contributed by atoms with Crippen LogP contribution in [0, 0.1) is 0 Å². The number of sulfonamides is 1. The van der Waals surface area contributed by atoms with Crippen molar-refractivity contribution in [2.75, 3.05) is 33.3 Å². The highest BCUT2D eigenvalue weighted by molar-refractivity contribution is 7.89. The molecule has 2 aromatic rings. The van der Waals surface area contributed by atoms with Crippen molar-refractivity contribution in [1.82, 2.24) is 13.8 Å². The second kappa shape index (κ2) is 6.89. The van der Waals surface area contributed by atoms with Crippen LogP contribution in [0.3, 0.4) is 0 Å². The van der Waals surface area contributed by atoms with Crippen molar-refractivity contribution in [3.8, 4) is 5.75 Å². The third-order valence-electron chi connectivity index (χ3n) is 4.29. The quantitative estimate of drug-likeness (QED) is 0.818. The molecule has 0 bridgehead atoms. The molecule has 1 amide bonds. The van der Waals surface area contributed by atoms with Gasteiger partial charge in [0, 0.05) is 45.6 Å². The van der Waals surface area contributed by atoms with Gasteiger partial charge in [-0.25, -0.2) is 8.42 Å². The Kier molecular flexibility index (Phi) is 4.82. The summed E-state index contributed by atoms with van der Waals surface area (Å²) < 4.78 is 34.1. The summed E-state index contributed by atoms with van der Waals surface area (Å²) in [5.74, 6) is 0.250. The van der Waals surface area contributed by atoms with Gasteiger partial charge < -0.3 is 14.2 Å². The second-order valence-corrected chi connectivity index (χ2v) is 7.82. The lowest BCUT2D eigenvalue weighted by Gasteiger charge is -2.34. The molecule has 1 aromatic heterocycles. The van der Waals surface area contributed by atoms with Gasteiger partial charge in [-0.3, -0.25) is 4.79 Å². The molecule has 0 radical (unpaired) electrons. The van der Waals surface area contributed by atoms with Gasteiger partial charge >= 0.3 is 0 Å². The number of hydrogen-bond acceptors (Lipinski definition) is 4. The largest absolute Gasteiger partial charge is 0.495 e. The van der Waals surface area contributed by atoms with Crippen LogP contribution in [0.2, 0.25) is 0 Å². The van der Waals surface area contributed by atoms with E-state index in [1.807, 2.05) is 17.8 Å². The zero-order valence-corrected chi connectivity index (χ0v) is 15.1. The maximum absolute atomic E-state index is 12.9. The summed E-state index contributed by atoms with van der Waals surface area (Å²) in [5, 5.41) is 0. The normalized spacial score (nSPS) is 16.0. The Bertz CT molecular complexity index is 868. The molecule has 3 rings (SSSR count). The van der Waals surface area contributed by atoms with Gasteiger partial charge in [-0.15, -0.1) is 0 Å². The number of aromatic nitrogens is 1. The van der Waals surface area contributed by atoms with Gasteiger partial charge in [-0.1, -0.05) is 12.1 Å². The molecular formula is C17H21N3O4S. The van der Waals surface area contributed by atoms with E-state index < -0.39 is 10.0 Å². The fourth-order valence-electron chi connectivity index (χ4n) is 2.91. The SMILES string of the molecule is COc1ccccc1S(=O)(=O)N1CCN(C(=O)c2ccn(C)c2)CC1. The summed E-state index contributed by atoms with van der Waals surface area (Å²) in [5.41, 5.74) is 0.614. The lowest BCUT2D eigenvalue weighted by atomic mass is 10.2. The van der Waals surface area contributed by atoms with Crippen LogP contribution in [0.4, 0.5) is 0 Å². The van der Waals surface area contributed by atoms with Crippen LogP contribution in [-0.4, -0.2) is 61.4 Å².